The molecule has 21 heavy (non-hydrogen) atoms. The first-order valence-corrected chi connectivity index (χ1v) is 7.75. The van der Waals surface area contributed by atoms with Crippen LogP contribution >= 0.6 is 11.8 Å². The van der Waals surface area contributed by atoms with Gasteiger partial charge in [0.1, 0.15) is 0 Å². The van der Waals surface area contributed by atoms with Crippen LogP contribution in [0.2, 0.25) is 0 Å². The van der Waals surface area contributed by atoms with Gasteiger partial charge in [-0.05, 0) is 27.7 Å². The Morgan fingerprint density at radius 2 is 1.95 bits per heavy atom. The molecule has 0 saturated carbocycles. The van der Waals surface area contributed by atoms with E-state index in [0.29, 0.717) is 16.7 Å². The second-order valence-corrected chi connectivity index (χ2v) is 6.86. The maximum absolute atomic E-state index is 11.7. The number of benzene rings is 1. The number of aryl methyl sites for hydroxylation is 1. The molecule has 2 N–H and O–H groups in total. The summed E-state index contributed by atoms with van der Waals surface area (Å²) >= 11 is 1.32. The summed E-state index contributed by atoms with van der Waals surface area (Å²) in [6.07, 6.45) is 0. The molecule has 0 saturated heterocycles. The molecule has 0 aliphatic heterocycles. The smallest absolute Gasteiger partial charge is 0.230 e. The number of rotatable bonds is 4. The summed E-state index contributed by atoms with van der Waals surface area (Å²) < 4.78 is 0. The Labute approximate surface area is 128 Å². The van der Waals surface area contributed by atoms with Crippen LogP contribution in [0, 0.1) is 6.92 Å². The quantitative estimate of drug-likeness (QED) is 0.852. The van der Waals surface area contributed by atoms with Gasteiger partial charge in [-0.15, -0.1) is 5.10 Å². The van der Waals surface area contributed by atoms with Gasteiger partial charge in [-0.3, -0.25) is 9.89 Å². The van der Waals surface area contributed by atoms with Gasteiger partial charge in [0, 0.05) is 11.1 Å². The maximum atomic E-state index is 11.7. The van der Waals surface area contributed by atoms with E-state index in [-0.39, 0.29) is 11.4 Å². The van der Waals surface area contributed by atoms with E-state index in [1.807, 2.05) is 52.0 Å². The van der Waals surface area contributed by atoms with E-state index in [2.05, 4.69) is 20.5 Å². The number of hydrogen-bond acceptors (Lipinski definition) is 4. The van der Waals surface area contributed by atoms with Gasteiger partial charge in [-0.1, -0.05) is 41.6 Å². The van der Waals surface area contributed by atoms with Crippen molar-refractivity contribution < 1.29 is 4.79 Å². The Balaban J connectivity index is 1.94. The van der Waals surface area contributed by atoms with Gasteiger partial charge in [0.2, 0.25) is 11.1 Å². The van der Waals surface area contributed by atoms with Crippen LogP contribution in [0.3, 0.4) is 0 Å². The standard InChI is InChI=1S/C15H20N4OS/c1-10-5-7-11(8-6-10)13-16-14(19-18-13)21-9-12(20)17-15(2,3)4/h5-8H,9H2,1-4H3,(H,17,20)(H,16,18,19). The lowest BCUT2D eigenvalue weighted by atomic mass is 10.1. The minimum atomic E-state index is -0.219. The Bertz CT molecular complexity index is 613. The van der Waals surface area contributed by atoms with E-state index in [1.54, 1.807) is 0 Å². The molecule has 0 bridgehead atoms. The number of thioether (sulfide) groups is 1. The highest BCUT2D eigenvalue weighted by Gasteiger charge is 2.15. The van der Waals surface area contributed by atoms with Crippen molar-refractivity contribution in [2.24, 2.45) is 0 Å². The minimum absolute atomic E-state index is 0.0193. The molecule has 0 fully saturated rings. The number of nitrogens with zero attached hydrogens (tertiary/aromatic N) is 2. The summed E-state index contributed by atoms with van der Waals surface area (Å²) in [6, 6.07) is 8.05. The summed E-state index contributed by atoms with van der Waals surface area (Å²) in [5.74, 6) is 1.01. The molecular weight excluding hydrogens is 284 g/mol. The average Bonchev–Trinajstić information content (AvgIpc) is 2.84. The van der Waals surface area contributed by atoms with Gasteiger partial charge in [-0.25, -0.2) is 4.98 Å². The number of carbonyl (C=O) groups is 1. The van der Waals surface area contributed by atoms with E-state index in [0.717, 1.165) is 5.56 Å². The van der Waals surface area contributed by atoms with E-state index in [9.17, 15) is 4.79 Å². The SMILES string of the molecule is Cc1ccc(-c2nc(SCC(=O)NC(C)(C)C)n[nH]2)cc1. The molecular formula is C15H20N4OS. The van der Waals surface area contributed by atoms with Crippen molar-refractivity contribution in [2.45, 2.75) is 38.4 Å². The maximum Gasteiger partial charge on any atom is 0.230 e. The zero-order valence-corrected chi connectivity index (χ0v) is 13.5. The lowest BCUT2D eigenvalue weighted by Crippen LogP contribution is -2.41. The molecule has 1 heterocycles. The first kappa shape index (κ1) is 15.6. The number of amides is 1. The number of H-pyrrole nitrogens is 1. The van der Waals surface area contributed by atoms with Crippen molar-refractivity contribution in [1.29, 1.82) is 0 Å². The number of hydrogen-bond donors (Lipinski definition) is 2. The topological polar surface area (TPSA) is 70.7 Å². The van der Waals surface area contributed by atoms with Crippen molar-refractivity contribution in [3.63, 3.8) is 0 Å². The molecule has 112 valence electrons. The molecule has 1 aromatic heterocycles. The van der Waals surface area contributed by atoms with Crippen LogP contribution in [0.15, 0.2) is 29.4 Å². The molecule has 2 rings (SSSR count). The third kappa shape index (κ3) is 4.90. The number of aromatic amines is 1. The predicted octanol–water partition coefficient (Wildman–Crippen LogP) is 2.79. The monoisotopic (exact) mass is 304 g/mol. The second kappa shape index (κ2) is 6.30. The summed E-state index contributed by atoms with van der Waals surface area (Å²) in [5.41, 5.74) is 1.97. The fourth-order valence-electron chi connectivity index (χ4n) is 1.74. The largest absolute Gasteiger partial charge is 0.351 e. The van der Waals surface area contributed by atoms with Gasteiger partial charge < -0.3 is 5.32 Å². The molecule has 0 aliphatic rings. The van der Waals surface area contributed by atoms with E-state index in [1.165, 1.54) is 17.3 Å². The molecule has 0 radical (unpaired) electrons. The van der Waals surface area contributed by atoms with Crippen LogP contribution in [-0.2, 0) is 4.79 Å². The molecule has 5 nitrogen and oxygen atoms in total. The van der Waals surface area contributed by atoms with Crippen LogP contribution in [0.1, 0.15) is 26.3 Å². The first-order chi connectivity index (χ1) is 9.83. The summed E-state index contributed by atoms with van der Waals surface area (Å²) in [4.78, 5) is 16.1. The molecule has 0 aliphatic carbocycles. The summed E-state index contributed by atoms with van der Waals surface area (Å²) in [5, 5.41) is 10.5. The van der Waals surface area contributed by atoms with Crippen LogP contribution in [-0.4, -0.2) is 32.4 Å². The van der Waals surface area contributed by atoms with Gasteiger partial charge in [0.15, 0.2) is 5.82 Å². The fourth-order valence-corrected chi connectivity index (χ4v) is 2.33. The Hall–Kier alpha value is -1.82. The van der Waals surface area contributed by atoms with E-state index < -0.39 is 0 Å². The molecule has 0 atom stereocenters. The highest BCUT2D eigenvalue weighted by atomic mass is 32.2. The normalized spacial score (nSPS) is 11.4. The van der Waals surface area contributed by atoms with Crippen molar-refractivity contribution >= 4 is 17.7 Å². The van der Waals surface area contributed by atoms with Crippen molar-refractivity contribution in [3.05, 3.63) is 29.8 Å². The van der Waals surface area contributed by atoms with Gasteiger partial charge in [0.25, 0.3) is 0 Å². The molecule has 1 amide bonds. The lowest BCUT2D eigenvalue weighted by molar-refractivity contribution is -0.119. The van der Waals surface area contributed by atoms with Crippen molar-refractivity contribution in [3.8, 4) is 11.4 Å². The third-order valence-corrected chi connectivity index (χ3v) is 3.48. The average molecular weight is 304 g/mol. The van der Waals surface area contributed by atoms with Crippen molar-refractivity contribution in [2.75, 3.05) is 5.75 Å². The summed E-state index contributed by atoms with van der Waals surface area (Å²) in [6.45, 7) is 7.91. The Kier molecular flexibility index (Phi) is 4.67. The van der Waals surface area contributed by atoms with Crippen molar-refractivity contribution in [1.82, 2.24) is 20.5 Å². The minimum Gasteiger partial charge on any atom is -0.351 e. The van der Waals surface area contributed by atoms with E-state index >= 15 is 0 Å². The van der Waals surface area contributed by atoms with Crippen LogP contribution < -0.4 is 5.32 Å². The van der Waals surface area contributed by atoms with Crippen LogP contribution in [0.5, 0.6) is 0 Å². The zero-order chi connectivity index (χ0) is 15.5. The Morgan fingerprint density at radius 1 is 1.29 bits per heavy atom. The number of nitrogens with one attached hydrogen (secondary N) is 2. The van der Waals surface area contributed by atoms with E-state index in [4.69, 9.17) is 0 Å². The molecule has 0 unspecified atom stereocenters. The summed E-state index contributed by atoms with van der Waals surface area (Å²) in [7, 11) is 0. The predicted molar refractivity (Wildman–Crippen MR) is 85.2 cm³/mol. The number of aromatic nitrogens is 3. The molecule has 2 aromatic rings. The van der Waals surface area contributed by atoms with Gasteiger partial charge in [0.05, 0.1) is 5.75 Å². The highest BCUT2D eigenvalue weighted by molar-refractivity contribution is 7.99. The molecule has 1 aromatic carbocycles. The lowest BCUT2D eigenvalue weighted by Gasteiger charge is -2.19. The molecule has 0 spiro atoms. The zero-order valence-electron chi connectivity index (χ0n) is 12.7. The molecule has 6 heteroatoms. The van der Waals surface area contributed by atoms with Gasteiger partial charge in [-0.2, -0.15) is 0 Å². The first-order valence-electron chi connectivity index (χ1n) is 6.77. The third-order valence-electron chi connectivity index (χ3n) is 2.64. The van der Waals surface area contributed by atoms with Crippen LogP contribution in [0.25, 0.3) is 11.4 Å². The second-order valence-electron chi connectivity index (χ2n) is 5.92. The van der Waals surface area contributed by atoms with Gasteiger partial charge >= 0.3 is 0 Å². The van der Waals surface area contributed by atoms with Crippen LogP contribution in [0.4, 0.5) is 0 Å². The fraction of sp³-hybridized carbons (Fsp3) is 0.400. The Morgan fingerprint density at radius 3 is 2.57 bits per heavy atom. The number of carbonyl (C=O) groups excluding carboxylic acids is 1. The highest BCUT2D eigenvalue weighted by Crippen LogP contribution is 2.19.